The Balaban J connectivity index is 0.00000112. The molecule has 0 amide bonds. The van der Waals surface area contributed by atoms with Crippen molar-refractivity contribution >= 4 is 60.8 Å². The molecule has 0 aliphatic rings. The standard InChI is InChI=1S/2C25H42O4.Ba/c2*1-2-3-4-11-16-23(26)17-12-6-5-7-13-18-24(19-20-25(27)28)29-21-22-14-9-8-10-15-22;/h2*8-10,14-15,23-24,26H,2-7,11-13,16-21H2,1H3,(H,27,28);/q;;+2/p-2. The summed E-state index contributed by atoms with van der Waals surface area (Å²) in [6.07, 6.45) is 27.2. The van der Waals surface area contributed by atoms with Crippen LogP contribution in [-0.4, -0.2) is 95.4 Å². The number of benzene rings is 2. The van der Waals surface area contributed by atoms with Crippen molar-refractivity contribution in [3.8, 4) is 0 Å². The van der Waals surface area contributed by atoms with Gasteiger partial charge in [-0.15, -0.1) is 0 Å². The number of unbranched alkanes of at least 4 members (excludes halogenated alkanes) is 14. The van der Waals surface area contributed by atoms with E-state index < -0.39 is 11.9 Å². The van der Waals surface area contributed by atoms with Crippen LogP contribution >= 0.6 is 0 Å². The minimum absolute atomic E-state index is 0. The number of hydrogen-bond acceptors (Lipinski definition) is 8. The molecule has 0 saturated heterocycles. The van der Waals surface area contributed by atoms with E-state index in [4.69, 9.17) is 9.47 Å². The van der Waals surface area contributed by atoms with Gasteiger partial charge in [0.25, 0.3) is 0 Å². The number of carboxylic acid groups (broad SMARTS) is 2. The quantitative estimate of drug-likeness (QED) is 0.0501. The van der Waals surface area contributed by atoms with Crippen molar-refractivity contribution in [2.45, 2.75) is 231 Å². The predicted molar refractivity (Wildman–Crippen MR) is 238 cm³/mol. The van der Waals surface area contributed by atoms with E-state index in [0.717, 1.165) is 127 Å². The molecule has 0 heterocycles. The fourth-order valence-corrected chi connectivity index (χ4v) is 7.22. The molecule has 0 aliphatic carbocycles. The van der Waals surface area contributed by atoms with Gasteiger partial charge in [-0.3, -0.25) is 0 Å². The van der Waals surface area contributed by atoms with Crippen molar-refractivity contribution in [2.24, 2.45) is 0 Å². The maximum Gasteiger partial charge on any atom is 2.00 e. The predicted octanol–water partition coefficient (Wildman–Crippen LogP) is 9.95. The second-order valence-electron chi connectivity index (χ2n) is 16.4. The van der Waals surface area contributed by atoms with Crippen LogP contribution in [0.2, 0.25) is 0 Å². The molecule has 8 nitrogen and oxygen atoms in total. The van der Waals surface area contributed by atoms with Gasteiger partial charge in [0.2, 0.25) is 0 Å². The molecule has 0 aromatic heterocycles. The molecule has 0 aliphatic heterocycles. The van der Waals surface area contributed by atoms with E-state index in [-0.39, 0.29) is 86.1 Å². The van der Waals surface area contributed by atoms with Gasteiger partial charge in [-0.25, -0.2) is 0 Å². The average Bonchev–Trinajstić information content (AvgIpc) is 3.22. The molecule has 4 atom stereocenters. The molecule has 0 radical (unpaired) electrons. The summed E-state index contributed by atoms with van der Waals surface area (Å²) in [6, 6.07) is 20.0. The maximum absolute atomic E-state index is 10.8. The average molecular weight is 949 g/mol. The van der Waals surface area contributed by atoms with E-state index in [9.17, 15) is 30.0 Å². The van der Waals surface area contributed by atoms with Gasteiger partial charge in [-0.05, 0) is 75.3 Å². The Morgan fingerprint density at radius 3 is 1.05 bits per heavy atom. The van der Waals surface area contributed by atoms with Crippen LogP contribution in [0.3, 0.4) is 0 Å². The van der Waals surface area contributed by atoms with Crippen molar-refractivity contribution in [1.82, 2.24) is 0 Å². The van der Waals surface area contributed by atoms with Crippen molar-refractivity contribution in [3.63, 3.8) is 0 Å². The van der Waals surface area contributed by atoms with Gasteiger partial charge in [-0.1, -0.05) is 190 Å². The summed E-state index contributed by atoms with van der Waals surface area (Å²) in [5, 5.41) is 41.6. The molecule has 0 saturated carbocycles. The van der Waals surface area contributed by atoms with Crippen molar-refractivity contribution in [2.75, 3.05) is 0 Å². The van der Waals surface area contributed by atoms with Crippen LogP contribution in [0.15, 0.2) is 60.7 Å². The number of aliphatic hydroxyl groups excluding tert-OH is 2. The Bertz CT molecular complexity index is 1110. The number of aliphatic carboxylic acids is 2. The van der Waals surface area contributed by atoms with Gasteiger partial charge in [0.15, 0.2) is 0 Å². The van der Waals surface area contributed by atoms with Crippen LogP contribution in [0.4, 0.5) is 0 Å². The summed E-state index contributed by atoms with van der Waals surface area (Å²) in [7, 11) is 0. The van der Waals surface area contributed by atoms with Crippen molar-refractivity contribution < 1.29 is 39.5 Å². The topological polar surface area (TPSA) is 139 Å². The third-order valence-corrected chi connectivity index (χ3v) is 10.9. The van der Waals surface area contributed by atoms with Gasteiger partial charge < -0.3 is 39.5 Å². The molecule has 0 fully saturated rings. The molecular formula is C50H82BaO8. The fraction of sp³-hybridized carbons (Fsp3) is 0.720. The van der Waals surface area contributed by atoms with E-state index in [1.54, 1.807) is 0 Å². The van der Waals surface area contributed by atoms with Crippen LogP contribution in [-0.2, 0) is 32.3 Å². The first-order valence-corrected chi connectivity index (χ1v) is 23.3. The van der Waals surface area contributed by atoms with E-state index in [0.29, 0.717) is 26.1 Å². The summed E-state index contributed by atoms with van der Waals surface area (Å²) >= 11 is 0. The summed E-state index contributed by atoms with van der Waals surface area (Å²) in [4.78, 5) is 21.6. The monoisotopic (exact) mass is 949 g/mol. The number of carbonyl (C=O) groups excluding carboxylic acids is 2. The smallest absolute Gasteiger partial charge is 0.550 e. The second kappa shape index (κ2) is 42.1. The van der Waals surface area contributed by atoms with Gasteiger partial charge in [0, 0.05) is 11.9 Å². The molecule has 9 heteroatoms. The van der Waals surface area contributed by atoms with Crippen LogP contribution < -0.4 is 10.2 Å². The van der Waals surface area contributed by atoms with Crippen molar-refractivity contribution in [3.05, 3.63) is 71.8 Å². The summed E-state index contributed by atoms with van der Waals surface area (Å²) in [5.74, 6) is -2.02. The number of carboxylic acids is 2. The molecule has 2 aromatic carbocycles. The van der Waals surface area contributed by atoms with Gasteiger partial charge in [0.1, 0.15) is 0 Å². The molecule has 0 spiro atoms. The number of ether oxygens (including phenoxy) is 2. The zero-order valence-corrected chi connectivity index (χ0v) is 41.8. The maximum atomic E-state index is 10.8. The molecule has 0 bridgehead atoms. The van der Waals surface area contributed by atoms with E-state index in [1.807, 2.05) is 60.7 Å². The zero-order chi connectivity index (χ0) is 42.3. The molecule has 4 unspecified atom stereocenters. The first kappa shape index (κ1) is 57.8. The minimum Gasteiger partial charge on any atom is -0.550 e. The third kappa shape index (κ3) is 38.2. The second-order valence-corrected chi connectivity index (χ2v) is 16.4. The number of carbonyl (C=O) groups is 2. The molecule has 2 N–H and O–H groups in total. The minimum atomic E-state index is -1.01. The largest absolute Gasteiger partial charge is 2.00 e. The van der Waals surface area contributed by atoms with Gasteiger partial charge >= 0.3 is 48.9 Å². The Kier molecular flexibility index (Phi) is 41.2. The molecule has 2 rings (SSSR count). The molecular weight excluding hydrogens is 866 g/mol. The Hall–Kier alpha value is -1.21. The number of aliphatic hydroxyl groups is 2. The summed E-state index contributed by atoms with van der Waals surface area (Å²) < 4.78 is 11.9. The van der Waals surface area contributed by atoms with Gasteiger partial charge in [-0.2, -0.15) is 0 Å². The third-order valence-electron chi connectivity index (χ3n) is 10.9. The first-order chi connectivity index (χ1) is 28.2. The molecule has 332 valence electrons. The fourth-order valence-electron chi connectivity index (χ4n) is 7.22. The van der Waals surface area contributed by atoms with Crippen LogP contribution in [0.1, 0.15) is 205 Å². The molecule has 2 aromatic rings. The normalized spacial score (nSPS) is 13.1. The Morgan fingerprint density at radius 1 is 0.458 bits per heavy atom. The van der Waals surface area contributed by atoms with E-state index >= 15 is 0 Å². The Morgan fingerprint density at radius 2 is 0.746 bits per heavy atom. The van der Waals surface area contributed by atoms with E-state index in [2.05, 4.69) is 13.8 Å². The van der Waals surface area contributed by atoms with Crippen molar-refractivity contribution in [1.29, 1.82) is 0 Å². The van der Waals surface area contributed by atoms with Crippen LogP contribution in [0.5, 0.6) is 0 Å². The van der Waals surface area contributed by atoms with Crippen LogP contribution in [0.25, 0.3) is 0 Å². The SMILES string of the molecule is CCCCCCC(O)CCCCCCCC(CCC(=O)[O-])OCc1ccccc1.CCCCCCC(O)CCCCCCCC(CCC(=O)[O-])OCc1ccccc1.[Ba+2]. The van der Waals surface area contributed by atoms with Crippen LogP contribution in [0, 0.1) is 0 Å². The van der Waals surface area contributed by atoms with Gasteiger partial charge in [0.05, 0.1) is 37.6 Å². The zero-order valence-electron chi connectivity index (χ0n) is 37.3. The molecule has 59 heavy (non-hydrogen) atoms. The first-order valence-electron chi connectivity index (χ1n) is 23.3. The summed E-state index contributed by atoms with van der Waals surface area (Å²) in [6.45, 7) is 5.46. The Labute approximate surface area is 400 Å². The number of hydrogen-bond donors (Lipinski definition) is 2. The summed E-state index contributed by atoms with van der Waals surface area (Å²) in [5.41, 5.74) is 2.22. The number of rotatable bonds is 38. The van der Waals surface area contributed by atoms with E-state index in [1.165, 1.54) is 38.5 Å².